The fourth-order valence-corrected chi connectivity index (χ4v) is 3.70. The van der Waals surface area contributed by atoms with Crippen molar-refractivity contribution in [3.8, 4) is 0 Å². The molecule has 0 saturated carbocycles. The molecule has 0 aliphatic carbocycles. The molecule has 1 fully saturated rings. The third-order valence-corrected chi connectivity index (χ3v) is 5.10. The van der Waals surface area contributed by atoms with Crippen molar-refractivity contribution >= 4 is 17.7 Å². The maximum Gasteiger partial charge on any atom is 0.261 e. The molecule has 2 aliphatic rings. The van der Waals surface area contributed by atoms with Crippen molar-refractivity contribution in [2.75, 3.05) is 26.2 Å². The number of fused-ring (bicyclic) bond motifs is 1. The Hall–Kier alpha value is -2.21. The Kier molecular flexibility index (Phi) is 5.48. The molecule has 2 aliphatic heterocycles. The van der Waals surface area contributed by atoms with E-state index < -0.39 is 0 Å². The fourth-order valence-electron chi connectivity index (χ4n) is 3.70. The van der Waals surface area contributed by atoms with Gasteiger partial charge in [-0.25, -0.2) is 0 Å². The first-order valence-electron chi connectivity index (χ1n) is 9.07. The number of likely N-dealkylation sites (N-methyl/N-ethyl adjacent to an activating group) is 1. The second-order valence-corrected chi connectivity index (χ2v) is 6.64. The van der Waals surface area contributed by atoms with E-state index in [2.05, 4.69) is 17.1 Å². The molecule has 0 bridgehead atoms. The molecule has 1 atom stereocenters. The molecule has 1 saturated heterocycles. The van der Waals surface area contributed by atoms with E-state index in [1.165, 1.54) is 11.3 Å². The molecule has 1 aromatic carbocycles. The van der Waals surface area contributed by atoms with Gasteiger partial charge >= 0.3 is 0 Å². The normalized spacial score (nSPS) is 20.2. The Balaban J connectivity index is 1.42. The van der Waals surface area contributed by atoms with Crippen LogP contribution in [-0.2, 0) is 4.79 Å². The molecule has 25 heavy (non-hydrogen) atoms. The molecule has 2 heterocycles. The minimum atomic E-state index is -0.259. The van der Waals surface area contributed by atoms with Crippen LogP contribution in [0.3, 0.4) is 0 Å². The number of carbonyl (C=O) groups excluding carboxylic acids is 3. The highest BCUT2D eigenvalue weighted by Gasteiger charge is 2.34. The van der Waals surface area contributed by atoms with Crippen LogP contribution in [0, 0.1) is 0 Å². The molecular weight excluding hydrogens is 318 g/mol. The first-order chi connectivity index (χ1) is 12.1. The lowest BCUT2D eigenvalue weighted by Gasteiger charge is -2.23. The maximum absolute atomic E-state index is 12.3. The third-order valence-electron chi connectivity index (χ3n) is 5.10. The highest BCUT2D eigenvalue weighted by molar-refractivity contribution is 6.21. The second kappa shape index (κ2) is 7.78. The van der Waals surface area contributed by atoms with Crippen molar-refractivity contribution in [1.29, 1.82) is 0 Å². The number of imide groups is 1. The van der Waals surface area contributed by atoms with Crippen LogP contribution in [0.4, 0.5) is 0 Å². The van der Waals surface area contributed by atoms with Crippen LogP contribution in [0.5, 0.6) is 0 Å². The lowest BCUT2D eigenvalue weighted by atomic mass is 10.1. The number of rotatable bonds is 7. The van der Waals surface area contributed by atoms with Crippen molar-refractivity contribution in [3.05, 3.63) is 35.4 Å². The Labute approximate surface area is 148 Å². The molecule has 1 aromatic rings. The lowest BCUT2D eigenvalue weighted by Crippen LogP contribution is -2.40. The number of carbonyl (C=O) groups is 3. The Bertz CT molecular complexity index is 639. The summed E-state index contributed by atoms with van der Waals surface area (Å²) in [7, 11) is 0. The zero-order valence-corrected chi connectivity index (χ0v) is 14.7. The minimum Gasteiger partial charge on any atom is -0.355 e. The van der Waals surface area contributed by atoms with Gasteiger partial charge in [-0.3, -0.25) is 24.2 Å². The lowest BCUT2D eigenvalue weighted by molar-refractivity contribution is -0.121. The first kappa shape index (κ1) is 17.6. The molecule has 6 heteroatoms. The molecule has 3 amide bonds. The number of nitrogens with one attached hydrogen (secondary N) is 1. The van der Waals surface area contributed by atoms with Crippen LogP contribution in [0.2, 0.25) is 0 Å². The van der Waals surface area contributed by atoms with E-state index in [0.29, 0.717) is 36.6 Å². The summed E-state index contributed by atoms with van der Waals surface area (Å²) in [5.41, 5.74) is 0.913. The Morgan fingerprint density at radius 1 is 1.20 bits per heavy atom. The molecule has 6 nitrogen and oxygen atoms in total. The van der Waals surface area contributed by atoms with Gasteiger partial charge in [-0.15, -0.1) is 0 Å². The summed E-state index contributed by atoms with van der Waals surface area (Å²) in [4.78, 5) is 40.2. The highest BCUT2D eigenvalue weighted by Crippen LogP contribution is 2.22. The number of amides is 3. The van der Waals surface area contributed by atoms with Crippen LogP contribution < -0.4 is 5.32 Å². The van der Waals surface area contributed by atoms with Gasteiger partial charge in [0.2, 0.25) is 5.91 Å². The summed E-state index contributed by atoms with van der Waals surface area (Å²) < 4.78 is 0. The smallest absolute Gasteiger partial charge is 0.261 e. The predicted molar refractivity (Wildman–Crippen MR) is 94.3 cm³/mol. The number of nitrogens with zero attached hydrogens (tertiary/aromatic N) is 2. The summed E-state index contributed by atoms with van der Waals surface area (Å²) in [6, 6.07) is 7.28. The van der Waals surface area contributed by atoms with Gasteiger partial charge in [-0.2, -0.15) is 0 Å². The van der Waals surface area contributed by atoms with Gasteiger partial charge in [0.25, 0.3) is 11.8 Å². The van der Waals surface area contributed by atoms with Crippen LogP contribution in [0.25, 0.3) is 0 Å². The molecular formula is C19H25N3O3. The van der Waals surface area contributed by atoms with Crippen molar-refractivity contribution in [2.24, 2.45) is 0 Å². The molecule has 1 unspecified atom stereocenters. The Morgan fingerprint density at radius 2 is 1.88 bits per heavy atom. The molecule has 3 rings (SSSR count). The highest BCUT2D eigenvalue weighted by atomic mass is 16.2. The van der Waals surface area contributed by atoms with Crippen LogP contribution in [-0.4, -0.2) is 59.7 Å². The SMILES string of the molecule is CCN1CCCC1CNC(=O)CCCN1C(=O)c2ccccc2C1=O. The third kappa shape index (κ3) is 3.74. The van der Waals surface area contributed by atoms with E-state index in [0.717, 1.165) is 19.5 Å². The molecule has 1 N–H and O–H groups in total. The second-order valence-electron chi connectivity index (χ2n) is 6.64. The van der Waals surface area contributed by atoms with E-state index in [1.807, 2.05) is 0 Å². The summed E-state index contributed by atoms with van der Waals surface area (Å²) in [6.07, 6.45) is 3.13. The standard InChI is InChI=1S/C19H25N3O3/c1-2-21-11-5-7-14(21)13-20-17(23)10-6-12-22-18(24)15-8-3-4-9-16(15)19(22)25/h3-4,8-9,14H,2,5-7,10-13H2,1H3,(H,20,23). The average molecular weight is 343 g/mol. The maximum atomic E-state index is 12.3. The van der Waals surface area contributed by atoms with Gasteiger partial charge in [-0.05, 0) is 44.5 Å². The van der Waals surface area contributed by atoms with E-state index in [1.54, 1.807) is 24.3 Å². The number of hydrogen-bond acceptors (Lipinski definition) is 4. The number of likely N-dealkylation sites (tertiary alicyclic amines) is 1. The van der Waals surface area contributed by atoms with Crippen molar-refractivity contribution in [2.45, 2.75) is 38.6 Å². The summed E-state index contributed by atoms with van der Waals surface area (Å²) in [5.74, 6) is -0.532. The molecule has 0 aromatic heterocycles. The monoisotopic (exact) mass is 343 g/mol. The topological polar surface area (TPSA) is 69.7 Å². The van der Waals surface area contributed by atoms with E-state index in [4.69, 9.17) is 0 Å². The first-order valence-corrected chi connectivity index (χ1v) is 9.07. The largest absolute Gasteiger partial charge is 0.355 e. The van der Waals surface area contributed by atoms with Gasteiger partial charge in [0.05, 0.1) is 11.1 Å². The van der Waals surface area contributed by atoms with Crippen LogP contribution in [0.1, 0.15) is 53.3 Å². The van der Waals surface area contributed by atoms with Crippen molar-refractivity contribution in [1.82, 2.24) is 15.1 Å². The van der Waals surface area contributed by atoms with Crippen LogP contribution in [0.15, 0.2) is 24.3 Å². The summed E-state index contributed by atoms with van der Waals surface area (Å²) in [6.45, 7) is 5.23. The van der Waals surface area contributed by atoms with Crippen molar-refractivity contribution in [3.63, 3.8) is 0 Å². The van der Waals surface area contributed by atoms with Gasteiger partial charge in [0.15, 0.2) is 0 Å². The van der Waals surface area contributed by atoms with E-state index in [-0.39, 0.29) is 24.3 Å². The van der Waals surface area contributed by atoms with Crippen LogP contribution >= 0.6 is 0 Å². The van der Waals surface area contributed by atoms with E-state index >= 15 is 0 Å². The fraction of sp³-hybridized carbons (Fsp3) is 0.526. The van der Waals surface area contributed by atoms with E-state index in [9.17, 15) is 14.4 Å². The zero-order chi connectivity index (χ0) is 17.8. The molecule has 134 valence electrons. The predicted octanol–water partition coefficient (Wildman–Crippen LogP) is 1.66. The molecule has 0 radical (unpaired) electrons. The van der Waals surface area contributed by atoms with Crippen molar-refractivity contribution < 1.29 is 14.4 Å². The average Bonchev–Trinajstić information content (AvgIpc) is 3.18. The number of benzene rings is 1. The number of hydrogen-bond donors (Lipinski definition) is 1. The molecule has 0 spiro atoms. The summed E-state index contributed by atoms with van der Waals surface area (Å²) in [5, 5.41) is 2.98. The van der Waals surface area contributed by atoms with Gasteiger partial charge < -0.3 is 5.32 Å². The Morgan fingerprint density at radius 3 is 2.52 bits per heavy atom. The quantitative estimate of drug-likeness (QED) is 0.765. The zero-order valence-electron chi connectivity index (χ0n) is 14.7. The minimum absolute atomic E-state index is 0.0143. The van der Waals surface area contributed by atoms with Gasteiger partial charge in [0, 0.05) is 25.6 Å². The summed E-state index contributed by atoms with van der Waals surface area (Å²) >= 11 is 0. The van der Waals surface area contributed by atoms with Gasteiger partial charge in [-0.1, -0.05) is 19.1 Å². The van der Waals surface area contributed by atoms with Gasteiger partial charge in [0.1, 0.15) is 0 Å².